The van der Waals surface area contributed by atoms with Crippen LogP contribution in [0, 0.1) is 5.92 Å². The number of carbonyl (C=O) groups is 1. The fourth-order valence-electron chi connectivity index (χ4n) is 2.32. The number of amides is 1. The molecular formula is C16H22N2O3. The molecule has 1 aromatic rings. The van der Waals surface area contributed by atoms with Gasteiger partial charge >= 0.3 is 0 Å². The predicted octanol–water partition coefficient (Wildman–Crippen LogP) is 2.30. The van der Waals surface area contributed by atoms with Gasteiger partial charge in [0, 0.05) is 19.4 Å². The zero-order valence-electron chi connectivity index (χ0n) is 13.0. The lowest BCUT2D eigenvalue weighted by Gasteiger charge is -2.21. The van der Waals surface area contributed by atoms with E-state index in [1.807, 2.05) is 38.1 Å². The summed E-state index contributed by atoms with van der Waals surface area (Å²) in [5, 5.41) is 4.14. The highest BCUT2D eigenvalue weighted by atomic mass is 16.6. The summed E-state index contributed by atoms with van der Waals surface area (Å²) in [7, 11) is 3.44. The van der Waals surface area contributed by atoms with Crippen molar-refractivity contribution in [3.63, 3.8) is 0 Å². The largest absolute Gasteiger partial charge is 0.497 e. The lowest BCUT2D eigenvalue weighted by molar-refractivity contribution is -0.134. The molecule has 0 saturated carbocycles. The van der Waals surface area contributed by atoms with E-state index in [4.69, 9.17) is 9.57 Å². The number of oxime groups is 1. The number of hydrogen-bond acceptors (Lipinski definition) is 4. The third-order valence-corrected chi connectivity index (χ3v) is 3.50. The Bertz CT molecular complexity index is 523. The van der Waals surface area contributed by atoms with Gasteiger partial charge in [0.05, 0.1) is 19.4 Å². The van der Waals surface area contributed by atoms with Gasteiger partial charge in [-0.05, 0) is 29.8 Å². The first kappa shape index (κ1) is 15.4. The molecule has 1 atom stereocenters. The van der Waals surface area contributed by atoms with Crippen molar-refractivity contribution in [1.82, 2.24) is 4.90 Å². The first-order valence-corrected chi connectivity index (χ1v) is 7.13. The normalized spacial score (nSPS) is 17.4. The van der Waals surface area contributed by atoms with Crippen LogP contribution in [0.5, 0.6) is 5.75 Å². The van der Waals surface area contributed by atoms with Gasteiger partial charge < -0.3 is 14.5 Å². The molecule has 21 heavy (non-hydrogen) atoms. The van der Waals surface area contributed by atoms with E-state index in [2.05, 4.69) is 5.16 Å². The predicted molar refractivity (Wildman–Crippen MR) is 81.5 cm³/mol. The summed E-state index contributed by atoms with van der Waals surface area (Å²) >= 11 is 0. The minimum absolute atomic E-state index is 0.00150. The smallest absolute Gasteiger partial charge is 0.224 e. The second-order valence-electron chi connectivity index (χ2n) is 5.57. The van der Waals surface area contributed by atoms with Crippen molar-refractivity contribution in [1.29, 1.82) is 0 Å². The highest BCUT2D eigenvalue weighted by Gasteiger charge is 2.25. The van der Waals surface area contributed by atoms with Gasteiger partial charge in [0.2, 0.25) is 5.91 Å². The van der Waals surface area contributed by atoms with Crippen molar-refractivity contribution in [3.8, 4) is 5.75 Å². The number of rotatable bonds is 5. The number of carbonyl (C=O) groups excluding carboxylic acids is 1. The van der Waals surface area contributed by atoms with Gasteiger partial charge in [-0.25, -0.2) is 0 Å². The highest BCUT2D eigenvalue weighted by molar-refractivity contribution is 6.01. The second kappa shape index (κ2) is 6.61. The Hall–Kier alpha value is -2.04. The fourth-order valence-corrected chi connectivity index (χ4v) is 2.32. The van der Waals surface area contributed by atoms with Crippen molar-refractivity contribution in [2.45, 2.75) is 26.4 Å². The number of hydrogen-bond donors (Lipinski definition) is 0. The fraction of sp³-hybridized carbons (Fsp3) is 0.500. The molecule has 0 saturated heterocycles. The number of methoxy groups -OCH3 is 1. The molecule has 5 heteroatoms. The lowest BCUT2D eigenvalue weighted by atomic mass is 10.0. The van der Waals surface area contributed by atoms with E-state index in [0.717, 1.165) is 17.0 Å². The summed E-state index contributed by atoms with van der Waals surface area (Å²) < 4.78 is 5.14. The van der Waals surface area contributed by atoms with Crippen molar-refractivity contribution in [2.24, 2.45) is 11.1 Å². The van der Waals surface area contributed by atoms with Crippen molar-refractivity contribution in [2.75, 3.05) is 20.7 Å². The molecule has 0 fully saturated rings. The Labute approximate surface area is 125 Å². The molecule has 1 aliphatic rings. The van der Waals surface area contributed by atoms with E-state index >= 15 is 0 Å². The molecule has 1 unspecified atom stereocenters. The topological polar surface area (TPSA) is 51.1 Å². The van der Waals surface area contributed by atoms with E-state index < -0.39 is 0 Å². The van der Waals surface area contributed by atoms with E-state index in [1.165, 1.54) is 0 Å². The summed E-state index contributed by atoms with van der Waals surface area (Å²) in [5.74, 6) is 0.937. The van der Waals surface area contributed by atoms with E-state index in [0.29, 0.717) is 13.0 Å². The van der Waals surface area contributed by atoms with Crippen LogP contribution >= 0.6 is 0 Å². The van der Waals surface area contributed by atoms with Crippen LogP contribution in [0.25, 0.3) is 0 Å². The van der Waals surface area contributed by atoms with Gasteiger partial charge in [-0.2, -0.15) is 0 Å². The first-order chi connectivity index (χ1) is 10.0. The average Bonchev–Trinajstić information content (AvgIpc) is 2.94. The molecule has 1 amide bonds. The van der Waals surface area contributed by atoms with Gasteiger partial charge in [0.1, 0.15) is 5.75 Å². The SMILES string of the molecule is COc1ccc(C2=NOC(CN(C)C(=O)C(C)C)C2)cc1. The second-order valence-corrected chi connectivity index (χ2v) is 5.57. The standard InChI is InChI=1S/C16H22N2O3/c1-11(2)16(19)18(3)10-14-9-15(17-21-14)12-5-7-13(20-4)8-6-12/h5-8,11,14H,9-10H2,1-4H3. The summed E-state index contributed by atoms with van der Waals surface area (Å²) in [6, 6.07) is 7.73. The lowest BCUT2D eigenvalue weighted by Crippen LogP contribution is -2.36. The van der Waals surface area contributed by atoms with Crippen molar-refractivity contribution >= 4 is 11.6 Å². The van der Waals surface area contributed by atoms with Crippen LogP contribution in [-0.2, 0) is 9.63 Å². The van der Waals surface area contributed by atoms with E-state index in [-0.39, 0.29) is 17.9 Å². The molecule has 0 aliphatic carbocycles. The van der Waals surface area contributed by atoms with Crippen LogP contribution in [0.15, 0.2) is 29.4 Å². The first-order valence-electron chi connectivity index (χ1n) is 7.13. The Kier molecular flexibility index (Phi) is 4.83. The maximum absolute atomic E-state index is 11.9. The minimum atomic E-state index is -0.0743. The summed E-state index contributed by atoms with van der Waals surface area (Å²) in [5.41, 5.74) is 1.93. The van der Waals surface area contributed by atoms with Gasteiger partial charge in [-0.15, -0.1) is 0 Å². The Morgan fingerprint density at radius 3 is 2.67 bits per heavy atom. The Balaban J connectivity index is 1.91. The third-order valence-electron chi connectivity index (χ3n) is 3.50. The van der Waals surface area contributed by atoms with Crippen LogP contribution < -0.4 is 4.74 Å². The molecule has 0 spiro atoms. The Morgan fingerprint density at radius 1 is 1.43 bits per heavy atom. The molecular weight excluding hydrogens is 268 g/mol. The van der Waals surface area contributed by atoms with Gasteiger partial charge in [-0.3, -0.25) is 4.79 Å². The minimum Gasteiger partial charge on any atom is -0.497 e. The maximum atomic E-state index is 11.9. The molecule has 1 aliphatic heterocycles. The van der Waals surface area contributed by atoms with Gasteiger partial charge in [0.25, 0.3) is 0 Å². The summed E-state index contributed by atoms with van der Waals surface area (Å²) in [6.07, 6.45) is 0.636. The molecule has 0 aromatic heterocycles. The zero-order chi connectivity index (χ0) is 15.4. The molecule has 0 radical (unpaired) electrons. The molecule has 5 nitrogen and oxygen atoms in total. The molecule has 0 N–H and O–H groups in total. The van der Waals surface area contributed by atoms with Crippen molar-refractivity contribution < 1.29 is 14.4 Å². The number of benzene rings is 1. The zero-order valence-corrected chi connectivity index (χ0v) is 13.0. The van der Waals surface area contributed by atoms with Crippen molar-refractivity contribution in [3.05, 3.63) is 29.8 Å². The third kappa shape index (κ3) is 3.74. The van der Waals surface area contributed by atoms with E-state index in [1.54, 1.807) is 19.1 Å². The number of ether oxygens (including phenoxy) is 1. The van der Waals surface area contributed by atoms with Crippen LogP contribution in [0.2, 0.25) is 0 Å². The van der Waals surface area contributed by atoms with Gasteiger partial charge in [-0.1, -0.05) is 19.0 Å². The van der Waals surface area contributed by atoms with E-state index in [9.17, 15) is 4.79 Å². The summed E-state index contributed by atoms with van der Waals surface area (Å²) in [6.45, 7) is 4.35. The molecule has 0 bridgehead atoms. The number of likely N-dealkylation sites (N-methyl/N-ethyl adjacent to an activating group) is 1. The van der Waals surface area contributed by atoms with Gasteiger partial charge in [0.15, 0.2) is 6.10 Å². The van der Waals surface area contributed by atoms with Crippen LogP contribution in [0.3, 0.4) is 0 Å². The highest BCUT2D eigenvalue weighted by Crippen LogP contribution is 2.20. The quantitative estimate of drug-likeness (QED) is 0.836. The summed E-state index contributed by atoms with van der Waals surface area (Å²) in [4.78, 5) is 19.0. The maximum Gasteiger partial charge on any atom is 0.224 e. The van der Waals surface area contributed by atoms with Crippen LogP contribution in [-0.4, -0.2) is 43.3 Å². The Morgan fingerprint density at radius 2 is 2.10 bits per heavy atom. The molecule has 114 valence electrons. The monoisotopic (exact) mass is 290 g/mol. The molecule has 1 aromatic carbocycles. The van der Waals surface area contributed by atoms with Crippen LogP contribution in [0.4, 0.5) is 0 Å². The number of nitrogens with zero attached hydrogens (tertiary/aromatic N) is 2. The molecule has 1 heterocycles. The van der Waals surface area contributed by atoms with Crippen LogP contribution in [0.1, 0.15) is 25.8 Å². The average molecular weight is 290 g/mol. The molecule has 2 rings (SSSR count).